The summed E-state index contributed by atoms with van der Waals surface area (Å²) in [4.78, 5) is 40.2. The second-order valence-electron chi connectivity index (χ2n) is 20.2. The molecule has 0 radical (unpaired) electrons. The molecule has 0 heterocycles. The molecule has 2 aromatic carbocycles. The van der Waals surface area contributed by atoms with E-state index in [-0.39, 0.29) is 27.8 Å². The first kappa shape index (κ1) is 39.9. The molecule has 0 spiro atoms. The fraction of sp³-hybridized carbons (Fsp3) is 0.700. The summed E-state index contributed by atoms with van der Waals surface area (Å²) < 4.78 is 0. The van der Waals surface area contributed by atoms with Gasteiger partial charge in [0, 0.05) is 0 Å². The minimum atomic E-state index is -5.55. The summed E-state index contributed by atoms with van der Waals surface area (Å²) in [6, 6.07) is 8.41. The predicted octanol–water partition coefficient (Wildman–Crippen LogP) is 9.68. The van der Waals surface area contributed by atoms with E-state index in [1.807, 2.05) is 14.1 Å². The van der Waals surface area contributed by atoms with Crippen molar-refractivity contribution in [3.63, 3.8) is 0 Å². The summed E-state index contributed by atoms with van der Waals surface area (Å²) in [7, 11) is -1.57. The molecular formula is C40H70NO3P. The van der Waals surface area contributed by atoms with Crippen molar-refractivity contribution in [2.24, 2.45) is 0 Å². The predicted molar refractivity (Wildman–Crippen MR) is 200 cm³/mol. The van der Waals surface area contributed by atoms with Crippen molar-refractivity contribution in [2.75, 3.05) is 20.3 Å². The number of hydrogen-bond donors (Lipinski definition) is 3. The molecule has 1 atom stereocenters. The Morgan fingerprint density at radius 1 is 0.489 bits per heavy atom. The molecule has 258 valence electrons. The Balaban J connectivity index is 3.19. The Labute approximate surface area is 278 Å². The van der Waals surface area contributed by atoms with Gasteiger partial charge in [-0.3, -0.25) is 0 Å². The van der Waals surface area contributed by atoms with E-state index in [0.717, 1.165) is 22.3 Å². The molecule has 0 saturated carbocycles. The molecule has 0 amide bonds. The van der Waals surface area contributed by atoms with Crippen molar-refractivity contribution in [2.45, 2.75) is 163 Å². The Bertz CT molecular complexity index is 1310. The molecule has 1 unspecified atom stereocenters. The van der Waals surface area contributed by atoms with Crippen molar-refractivity contribution in [1.82, 2.24) is 4.90 Å². The Morgan fingerprint density at radius 2 is 0.756 bits per heavy atom. The molecule has 4 nitrogen and oxygen atoms in total. The fourth-order valence-corrected chi connectivity index (χ4v) is 9.43. The van der Waals surface area contributed by atoms with Gasteiger partial charge in [-0.2, -0.15) is 0 Å². The van der Waals surface area contributed by atoms with Crippen LogP contribution < -0.4 is 5.30 Å². The molecule has 2 aromatic rings. The number of rotatable bonds is 5. The molecular weight excluding hydrogens is 573 g/mol. The molecule has 0 bridgehead atoms. The van der Waals surface area contributed by atoms with Crippen LogP contribution in [0.2, 0.25) is 0 Å². The molecule has 2 rings (SSSR count). The number of hydrogen-bond acceptors (Lipinski definition) is 4. The molecule has 0 aliphatic rings. The molecule has 0 fully saturated rings. The van der Waals surface area contributed by atoms with E-state index in [1.165, 1.54) is 16.7 Å². The van der Waals surface area contributed by atoms with E-state index in [0.29, 0.717) is 5.30 Å². The van der Waals surface area contributed by atoms with E-state index >= 15 is 0 Å². The van der Waals surface area contributed by atoms with Gasteiger partial charge in [0.25, 0.3) is 0 Å². The maximum absolute atomic E-state index is 12.7. The van der Waals surface area contributed by atoms with Crippen LogP contribution in [0.15, 0.2) is 24.3 Å². The van der Waals surface area contributed by atoms with Crippen molar-refractivity contribution in [3.05, 3.63) is 63.2 Å². The minimum absolute atomic E-state index is 0.0612. The third kappa shape index (κ3) is 8.99. The molecule has 0 aliphatic heterocycles. The van der Waals surface area contributed by atoms with Crippen molar-refractivity contribution in [1.29, 1.82) is 0 Å². The van der Waals surface area contributed by atoms with Crippen LogP contribution in [0.5, 0.6) is 0 Å². The summed E-state index contributed by atoms with van der Waals surface area (Å²) in [5.74, 6) is 0. The topological polar surface area (TPSA) is 63.9 Å². The molecule has 3 N–H and O–H groups in total. The molecule has 0 saturated heterocycles. The molecule has 45 heavy (non-hydrogen) atoms. The van der Waals surface area contributed by atoms with Gasteiger partial charge in [0.2, 0.25) is 0 Å². The third-order valence-electron chi connectivity index (χ3n) is 9.18. The molecule has 0 aromatic heterocycles. The van der Waals surface area contributed by atoms with Crippen molar-refractivity contribution < 1.29 is 14.7 Å². The van der Waals surface area contributed by atoms with E-state index in [1.54, 1.807) is 0 Å². The van der Waals surface area contributed by atoms with Gasteiger partial charge in [-0.15, -0.1) is 0 Å². The monoisotopic (exact) mass is 644 g/mol. The van der Waals surface area contributed by atoms with E-state index in [2.05, 4.69) is 154 Å². The average molecular weight is 644 g/mol. The zero-order valence-corrected chi connectivity index (χ0v) is 33.7. The Morgan fingerprint density at radius 3 is 0.978 bits per heavy atom. The van der Waals surface area contributed by atoms with Gasteiger partial charge >= 0.3 is 279 Å². The number of benzene rings is 2. The van der Waals surface area contributed by atoms with Gasteiger partial charge in [-0.1, -0.05) is 0 Å². The first-order valence-corrected chi connectivity index (χ1v) is 19.1. The van der Waals surface area contributed by atoms with Crippen LogP contribution in [0.1, 0.15) is 170 Å². The Hall–Kier alpha value is -1.29. The van der Waals surface area contributed by atoms with Gasteiger partial charge in [0.05, 0.1) is 0 Å². The zero-order valence-electron chi connectivity index (χ0n) is 32.8. The zero-order chi connectivity index (χ0) is 35.8. The van der Waals surface area contributed by atoms with E-state index < -0.39 is 24.2 Å². The summed E-state index contributed by atoms with van der Waals surface area (Å²) in [6.45, 7) is 39.3. The third-order valence-corrected chi connectivity index (χ3v) is 11.6. The maximum atomic E-state index is 12.7. The second kappa shape index (κ2) is 11.7. The molecule has 5 heteroatoms. The summed E-state index contributed by atoms with van der Waals surface area (Å²) in [5, 5.41) is 0.335. The summed E-state index contributed by atoms with van der Waals surface area (Å²) >= 11 is 0. The normalized spacial score (nSPS) is 16.1. The number of nitrogens with zero attached hydrogens (tertiary/aromatic N) is 1. The van der Waals surface area contributed by atoms with E-state index in [9.17, 15) is 14.7 Å². The van der Waals surface area contributed by atoms with Gasteiger partial charge in [-0.05, 0) is 0 Å². The Kier molecular flexibility index (Phi) is 10.4. The second-order valence-corrected chi connectivity index (χ2v) is 23.3. The van der Waals surface area contributed by atoms with Crippen molar-refractivity contribution >= 4 is 12.6 Å². The fourth-order valence-electron chi connectivity index (χ4n) is 6.31. The van der Waals surface area contributed by atoms with Crippen molar-refractivity contribution in [3.8, 4) is 0 Å². The van der Waals surface area contributed by atoms with Crippen LogP contribution in [0.25, 0.3) is 0 Å². The van der Waals surface area contributed by atoms with Crippen LogP contribution in [0, 0.1) is 0 Å². The average Bonchev–Trinajstić information content (AvgIpc) is 2.77. The van der Waals surface area contributed by atoms with Crippen LogP contribution in [0.4, 0.5) is 0 Å². The van der Waals surface area contributed by atoms with E-state index in [4.69, 9.17) is 0 Å². The quantitative estimate of drug-likeness (QED) is 0.284. The SMILES string of the molecule is CN(C)C(CP(O)(O)(O)c1c(C(C)(C)C)cc(C(C)(C)C)cc1C(C)(C)C)c1c(C(C)(C)C)cc(C(C)(C)C)cc1C(C)(C)C. The van der Waals surface area contributed by atoms with Gasteiger partial charge in [0.1, 0.15) is 0 Å². The van der Waals surface area contributed by atoms with Crippen LogP contribution in [0.3, 0.4) is 0 Å². The van der Waals surface area contributed by atoms with Crippen LogP contribution in [-0.4, -0.2) is 39.8 Å². The summed E-state index contributed by atoms with van der Waals surface area (Å²) in [6.07, 6.45) is -0.194. The first-order valence-electron chi connectivity index (χ1n) is 16.8. The van der Waals surface area contributed by atoms with Gasteiger partial charge in [0.15, 0.2) is 0 Å². The van der Waals surface area contributed by atoms with Gasteiger partial charge in [-0.25, -0.2) is 0 Å². The van der Waals surface area contributed by atoms with Crippen LogP contribution >= 0.6 is 7.28 Å². The first-order chi connectivity index (χ1) is 19.5. The molecule has 0 aliphatic carbocycles. The van der Waals surface area contributed by atoms with Gasteiger partial charge < -0.3 is 0 Å². The standard InChI is InChI=1S/C40H70NO3P/c1-35(2,3)26-21-28(37(7,8)9)33(29(22-26)38(10,11)12)32(41(19)20)25-45(42,43,44)34-30(39(13,14)15)23-27(36(4,5)6)24-31(34)40(16,17)18/h21-24,32,42-44H,25H2,1-20H3. The summed E-state index contributed by atoms with van der Waals surface area (Å²) in [5.41, 5.74) is 5.90. The van der Waals surface area contributed by atoms with Crippen LogP contribution in [-0.2, 0) is 32.5 Å².